The molecule has 0 aromatic heterocycles. The van der Waals surface area contributed by atoms with Crippen molar-refractivity contribution in [2.75, 3.05) is 7.11 Å². The van der Waals surface area contributed by atoms with Crippen LogP contribution in [0.4, 0.5) is 0 Å². The summed E-state index contributed by atoms with van der Waals surface area (Å²) in [6.07, 6.45) is 7.08. The van der Waals surface area contributed by atoms with Gasteiger partial charge in [0, 0.05) is 17.7 Å². The maximum absolute atomic E-state index is 13.6. The van der Waals surface area contributed by atoms with Crippen molar-refractivity contribution < 1.29 is 19.4 Å². The van der Waals surface area contributed by atoms with Crippen LogP contribution in [0.25, 0.3) is 0 Å². The molecule has 0 saturated heterocycles. The largest absolute Gasteiger partial charge is 0.465 e. The van der Waals surface area contributed by atoms with Gasteiger partial charge in [-0.2, -0.15) is 0 Å². The van der Waals surface area contributed by atoms with Crippen molar-refractivity contribution in [3.63, 3.8) is 0 Å². The molecule has 5 nitrogen and oxygen atoms in total. The van der Waals surface area contributed by atoms with Crippen LogP contribution in [0.1, 0.15) is 64.7 Å². The number of methoxy groups -OCH3 is 1. The van der Waals surface area contributed by atoms with Crippen LogP contribution in [0.5, 0.6) is 0 Å². The van der Waals surface area contributed by atoms with E-state index in [2.05, 4.69) is 6.92 Å². The van der Waals surface area contributed by atoms with Gasteiger partial charge in [0.2, 0.25) is 5.91 Å². The lowest BCUT2D eigenvalue weighted by molar-refractivity contribution is -0.138. The molecule has 2 fully saturated rings. The minimum atomic E-state index is -0.408. The van der Waals surface area contributed by atoms with E-state index in [1.165, 1.54) is 18.9 Å². The first kappa shape index (κ1) is 20.8. The smallest absolute Gasteiger partial charge is 0.346 e. The number of thioether (sulfide) groups is 1. The number of hydrogen-bond donors (Lipinski definition) is 1. The molecule has 2 aliphatic carbocycles. The van der Waals surface area contributed by atoms with Crippen LogP contribution in [0.2, 0.25) is 0 Å². The molecule has 1 atom stereocenters. The van der Waals surface area contributed by atoms with Crippen molar-refractivity contribution in [1.29, 1.82) is 0 Å². The second kappa shape index (κ2) is 9.04. The van der Waals surface area contributed by atoms with E-state index in [1.807, 2.05) is 4.90 Å². The Labute approximate surface area is 167 Å². The third-order valence-electron chi connectivity index (χ3n) is 6.22. The molecule has 3 aliphatic rings. The molecule has 1 N–H and O–H groups in total. The maximum Gasteiger partial charge on any atom is 0.346 e. The summed E-state index contributed by atoms with van der Waals surface area (Å²) in [7, 11) is 7.49. The molecule has 0 aromatic carbocycles. The fourth-order valence-corrected chi connectivity index (χ4v) is 5.61. The first-order valence-electron chi connectivity index (χ1n) is 10.2. The average Bonchev–Trinajstić information content (AvgIpc) is 3.04. The highest BCUT2D eigenvalue weighted by Crippen LogP contribution is 2.42. The fourth-order valence-electron chi connectivity index (χ4n) is 4.56. The third-order valence-corrected chi connectivity index (χ3v) is 7.33. The number of nitrogens with zero attached hydrogens (tertiary/aromatic N) is 1. The molecule has 1 amide bonds. The summed E-state index contributed by atoms with van der Waals surface area (Å²) in [5, 5.41) is 9.67. The lowest BCUT2D eigenvalue weighted by atomic mass is 9.81. The molecular formula is C20H30BNO4S. The SMILES string of the molecule is [B]C1CC(N(C(=O)C2CCC(C)CC2)C2CCC(O)CC2)=C(C(=O)OC)S1. The first-order valence-corrected chi connectivity index (χ1v) is 11.0. The molecule has 1 heterocycles. The van der Waals surface area contributed by atoms with Gasteiger partial charge in [0.05, 0.1) is 21.1 Å². The second-order valence-electron chi connectivity index (χ2n) is 8.26. The Morgan fingerprint density at radius 2 is 1.74 bits per heavy atom. The zero-order chi connectivity index (χ0) is 19.6. The molecule has 1 aliphatic heterocycles. The van der Waals surface area contributed by atoms with Gasteiger partial charge in [0.1, 0.15) is 4.91 Å². The predicted octanol–water partition coefficient (Wildman–Crippen LogP) is 2.96. The number of allylic oxidation sites excluding steroid dienone is 1. The van der Waals surface area contributed by atoms with Gasteiger partial charge in [-0.15, -0.1) is 11.8 Å². The molecule has 2 saturated carbocycles. The van der Waals surface area contributed by atoms with Gasteiger partial charge in [-0.1, -0.05) is 6.92 Å². The molecule has 27 heavy (non-hydrogen) atoms. The van der Waals surface area contributed by atoms with Gasteiger partial charge in [-0.25, -0.2) is 4.79 Å². The van der Waals surface area contributed by atoms with Crippen molar-refractivity contribution in [1.82, 2.24) is 4.90 Å². The zero-order valence-electron chi connectivity index (χ0n) is 16.4. The van der Waals surface area contributed by atoms with E-state index >= 15 is 0 Å². The highest BCUT2D eigenvalue weighted by Gasteiger charge is 2.40. The van der Waals surface area contributed by atoms with E-state index in [0.29, 0.717) is 30.1 Å². The van der Waals surface area contributed by atoms with Crippen LogP contribution in [-0.2, 0) is 14.3 Å². The highest BCUT2D eigenvalue weighted by molar-refractivity contribution is 8.05. The van der Waals surface area contributed by atoms with Crippen LogP contribution in [0.3, 0.4) is 0 Å². The maximum atomic E-state index is 13.6. The van der Waals surface area contributed by atoms with Gasteiger partial charge in [0.15, 0.2) is 0 Å². The van der Waals surface area contributed by atoms with Crippen LogP contribution in [0.15, 0.2) is 10.6 Å². The minimum absolute atomic E-state index is 0.0151. The van der Waals surface area contributed by atoms with E-state index in [4.69, 9.17) is 12.6 Å². The van der Waals surface area contributed by atoms with Crippen molar-refractivity contribution >= 4 is 31.5 Å². The summed E-state index contributed by atoms with van der Waals surface area (Å²) in [5.74, 6) is 0.414. The lowest BCUT2D eigenvalue weighted by Gasteiger charge is -2.40. The van der Waals surface area contributed by atoms with Gasteiger partial charge >= 0.3 is 5.97 Å². The molecule has 148 valence electrons. The van der Waals surface area contributed by atoms with E-state index in [0.717, 1.165) is 44.2 Å². The summed E-state index contributed by atoms with van der Waals surface area (Å²) in [5.41, 5.74) is 0.740. The van der Waals surface area contributed by atoms with E-state index < -0.39 is 5.97 Å². The Kier molecular flexibility index (Phi) is 6.95. The number of aliphatic hydroxyl groups excluding tert-OH is 1. The summed E-state index contributed by atoms with van der Waals surface area (Å²) < 4.78 is 4.96. The monoisotopic (exact) mass is 391 g/mol. The number of carbonyl (C=O) groups is 2. The number of amides is 1. The predicted molar refractivity (Wildman–Crippen MR) is 107 cm³/mol. The van der Waals surface area contributed by atoms with Gasteiger partial charge in [-0.05, 0) is 68.9 Å². The van der Waals surface area contributed by atoms with Crippen LogP contribution in [0, 0.1) is 11.8 Å². The molecule has 3 rings (SSSR count). The summed E-state index contributed by atoms with van der Waals surface area (Å²) >= 11 is 1.30. The molecule has 7 heteroatoms. The second-order valence-corrected chi connectivity index (χ2v) is 9.50. The van der Waals surface area contributed by atoms with E-state index in [-0.39, 0.29) is 29.1 Å². The molecule has 0 bridgehead atoms. The molecular weight excluding hydrogens is 361 g/mol. The Bertz CT molecular complexity index is 595. The summed E-state index contributed by atoms with van der Waals surface area (Å²) in [4.78, 5) is 28.2. The number of esters is 1. The normalized spacial score (nSPS) is 34.4. The number of hydrogen-bond acceptors (Lipinski definition) is 5. The Balaban J connectivity index is 1.89. The fraction of sp³-hybridized carbons (Fsp3) is 0.800. The van der Waals surface area contributed by atoms with Gasteiger partial charge < -0.3 is 14.7 Å². The number of carbonyl (C=O) groups excluding carboxylic acids is 2. The van der Waals surface area contributed by atoms with Crippen LogP contribution >= 0.6 is 11.8 Å². The van der Waals surface area contributed by atoms with Gasteiger partial charge in [-0.3, -0.25) is 4.79 Å². The molecule has 0 spiro atoms. The van der Waals surface area contributed by atoms with E-state index in [9.17, 15) is 14.7 Å². The lowest BCUT2D eigenvalue weighted by Crippen LogP contribution is -2.46. The van der Waals surface area contributed by atoms with Crippen molar-refractivity contribution in [3.05, 3.63) is 10.6 Å². The first-order chi connectivity index (χ1) is 12.9. The van der Waals surface area contributed by atoms with Crippen LogP contribution in [-0.4, -0.2) is 54.1 Å². The topological polar surface area (TPSA) is 66.8 Å². The summed E-state index contributed by atoms with van der Waals surface area (Å²) in [6.45, 7) is 2.24. The molecule has 2 radical (unpaired) electrons. The third kappa shape index (κ3) is 4.73. The Hall–Kier alpha value is -0.945. The minimum Gasteiger partial charge on any atom is -0.465 e. The Morgan fingerprint density at radius 1 is 1.11 bits per heavy atom. The molecule has 1 unspecified atom stereocenters. The summed E-state index contributed by atoms with van der Waals surface area (Å²) in [6, 6.07) is 0.0285. The van der Waals surface area contributed by atoms with Crippen molar-refractivity contribution in [3.8, 4) is 0 Å². The number of rotatable bonds is 4. The van der Waals surface area contributed by atoms with Crippen molar-refractivity contribution in [2.45, 2.75) is 82.0 Å². The quantitative estimate of drug-likeness (QED) is 0.590. The number of aliphatic hydroxyl groups is 1. The zero-order valence-corrected chi connectivity index (χ0v) is 17.2. The van der Waals surface area contributed by atoms with Gasteiger partial charge in [0.25, 0.3) is 0 Å². The number of ether oxygens (including phenoxy) is 1. The highest BCUT2D eigenvalue weighted by atomic mass is 32.2. The van der Waals surface area contributed by atoms with Crippen LogP contribution < -0.4 is 0 Å². The Morgan fingerprint density at radius 3 is 2.33 bits per heavy atom. The average molecular weight is 391 g/mol. The van der Waals surface area contributed by atoms with E-state index in [1.54, 1.807) is 0 Å². The van der Waals surface area contributed by atoms with Crippen molar-refractivity contribution in [2.24, 2.45) is 11.8 Å². The standard InChI is InChI=1S/C20H30BNO4S/c1-12-3-5-13(6-4-12)19(24)22(14-7-9-15(23)10-8-14)16-11-17(21)27-18(16)20(25)26-2/h12-15,17,23H,3-11H2,1-2H3. The molecule has 0 aromatic rings.